The Labute approximate surface area is 131 Å². The van der Waals surface area contributed by atoms with Crippen molar-refractivity contribution in [2.75, 3.05) is 6.54 Å². The summed E-state index contributed by atoms with van der Waals surface area (Å²) in [6.45, 7) is 3.68. The summed E-state index contributed by atoms with van der Waals surface area (Å²) in [5.41, 5.74) is 6.28. The Morgan fingerprint density at radius 2 is 1.95 bits per heavy atom. The van der Waals surface area contributed by atoms with Gasteiger partial charge in [-0.2, -0.15) is 0 Å². The lowest BCUT2D eigenvalue weighted by Crippen LogP contribution is -2.47. The van der Waals surface area contributed by atoms with Gasteiger partial charge in [0.05, 0.1) is 12.6 Å². The van der Waals surface area contributed by atoms with Gasteiger partial charge in [-0.05, 0) is 29.7 Å². The van der Waals surface area contributed by atoms with Gasteiger partial charge in [0.25, 0.3) is 0 Å². The third-order valence-electron chi connectivity index (χ3n) is 2.86. The molecule has 0 heterocycles. The average molecular weight is 360 g/mol. The first-order valence-corrected chi connectivity index (χ1v) is 7.34. The maximum atomic E-state index is 13.2. The fourth-order valence-electron chi connectivity index (χ4n) is 1.56. The number of carbonyl (C=O) groups is 2. The minimum atomic E-state index is -0.642. The van der Waals surface area contributed by atoms with E-state index in [1.54, 1.807) is 6.07 Å². The lowest BCUT2D eigenvalue weighted by Gasteiger charge is -2.15. The largest absolute Gasteiger partial charge is 0.350 e. The summed E-state index contributed by atoms with van der Waals surface area (Å²) in [5, 5.41) is 5.06. The van der Waals surface area contributed by atoms with Crippen LogP contribution in [0.5, 0.6) is 0 Å². The molecule has 0 aromatic heterocycles. The first kappa shape index (κ1) is 17.6. The standard InChI is InChI=1S/C14H19BrFN3O2/c1-8(2)13(17)14(21)19-7-12(20)18-6-9-3-10(15)5-11(16)4-9/h3-5,8,13H,6-7,17H2,1-2H3,(H,18,20)(H,19,21)/t13-/m0/s1. The van der Waals surface area contributed by atoms with E-state index < -0.39 is 6.04 Å². The molecule has 0 aliphatic heterocycles. The van der Waals surface area contributed by atoms with Crippen LogP contribution in [0, 0.1) is 11.7 Å². The molecule has 0 radical (unpaired) electrons. The molecule has 1 rings (SSSR count). The summed E-state index contributed by atoms with van der Waals surface area (Å²) in [5.74, 6) is -1.11. The van der Waals surface area contributed by atoms with Crippen LogP contribution in [0.4, 0.5) is 4.39 Å². The second-order valence-corrected chi connectivity index (χ2v) is 5.96. The van der Waals surface area contributed by atoms with Crippen molar-refractivity contribution in [3.05, 3.63) is 34.1 Å². The van der Waals surface area contributed by atoms with Gasteiger partial charge in [-0.25, -0.2) is 4.39 Å². The average Bonchev–Trinajstić information content (AvgIpc) is 2.40. The van der Waals surface area contributed by atoms with Crippen molar-refractivity contribution in [1.82, 2.24) is 10.6 Å². The maximum absolute atomic E-state index is 13.2. The first-order chi connectivity index (χ1) is 9.79. The SMILES string of the molecule is CC(C)[C@H](N)C(=O)NCC(=O)NCc1cc(F)cc(Br)c1. The Bertz CT molecular complexity index is 503. The maximum Gasteiger partial charge on any atom is 0.239 e. The quantitative estimate of drug-likeness (QED) is 0.715. The third-order valence-corrected chi connectivity index (χ3v) is 3.31. The highest BCUT2D eigenvalue weighted by Gasteiger charge is 2.17. The number of carbonyl (C=O) groups excluding carboxylic acids is 2. The Hall–Kier alpha value is -1.47. The highest BCUT2D eigenvalue weighted by molar-refractivity contribution is 9.10. The van der Waals surface area contributed by atoms with Crippen LogP contribution in [-0.2, 0) is 16.1 Å². The molecule has 1 aromatic rings. The summed E-state index contributed by atoms with van der Waals surface area (Å²) < 4.78 is 13.8. The molecule has 7 heteroatoms. The summed E-state index contributed by atoms with van der Waals surface area (Å²) >= 11 is 3.18. The first-order valence-electron chi connectivity index (χ1n) is 6.54. The highest BCUT2D eigenvalue weighted by Crippen LogP contribution is 2.14. The van der Waals surface area contributed by atoms with E-state index in [4.69, 9.17) is 5.73 Å². The molecule has 0 saturated carbocycles. The minimum absolute atomic E-state index is 0.00212. The van der Waals surface area contributed by atoms with Crippen LogP contribution in [0.3, 0.4) is 0 Å². The smallest absolute Gasteiger partial charge is 0.239 e. The highest BCUT2D eigenvalue weighted by atomic mass is 79.9. The molecule has 2 amide bonds. The van der Waals surface area contributed by atoms with E-state index in [-0.39, 0.29) is 36.6 Å². The van der Waals surface area contributed by atoms with Crippen LogP contribution < -0.4 is 16.4 Å². The Kier molecular flexibility index (Phi) is 6.77. The number of rotatable bonds is 6. The topological polar surface area (TPSA) is 84.2 Å². The van der Waals surface area contributed by atoms with Crippen molar-refractivity contribution in [2.24, 2.45) is 11.7 Å². The molecule has 0 fully saturated rings. The van der Waals surface area contributed by atoms with Gasteiger partial charge in [-0.1, -0.05) is 29.8 Å². The van der Waals surface area contributed by atoms with Crippen molar-refractivity contribution >= 4 is 27.7 Å². The number of nitrogens with two attached hydrogens (primary N) is 1. The van der Waals surface area contributed by atoms with Gasteiger partial charge in [0.15, 0.2) is 0 Å². The van der Waals surface area contributed by atoms with Crippen molar-refractivity contribution in [1.29, 1.82) is 0 Å². The molecule has 4 N–H and O–H groups in total. The van der Waals surface area contributed by atoms with Gasteiger partial charge in [0, 0.05) is 11.0 Å². The normalized spacial score (nSPS) is 12.1. The fourth-order valence-corrected chi connectivity index (χ4v) is 2.08. The number of nitrogens with one attached hydrogen (secondary N) is 2. The molecule has 0 aliphatic carbocycles. The number of halogens is 2. The molecule has 0 bridgehead atoms. The summed E-state index contributed by atoms with van der Waals surface area (Å²) in [4.78, 5) is 23.2. The van der Waals surface area contributed by atoms with Crippen LogP contribution in [0.25, 0.3) is 0 Å². The zero-order valence-corrected chi connectivity index (χ0v) is 13.5. The van der Waals surface area contributed by atoms with Gasteiger partial charge in [-0.3, -0.25) is 9.59 Å². The van der Waals surface area contributed by atoms with Crippen LogP contribution in [-0.4, -0.2) is 24.4 Å². The zero-order chi connectivity index (χ0) is 16.0. The molecule has 21 heavy (non-hydrogen) atoms. The minimum Gasteiger partial charge on any atom is -0.350 e. The molecule has 0 aliphatic rings. The Morgan fingerprint density at radius 3 is 2.52 bits per heavy atom. The molecule has 0 spiro atoms. The van der Waals surface area contributed by atoms with Gasteiger partial charge in [0.2, 0.25) is 11.8 Å². The van der Waals surface area contributed by atoms with Gasteiger partial charge in [0.1, 0.15) is 5.82 Å². The zero-order valence-electron chi connectivity index (χ0n) is 12.0. The summed E-state index contributed by atoms with van der Waals surface area (Å²) in [6.07, 6.45) is 0. The molecule has 0 saturated heterocycles. The number of hydrogen-bond donors (Lipinski definition) is 3. The van der Waals surface area contributed by atoms with E-state index in [0.29, 0.717) is 10.0 Å². The van der Waals surface area contributed by atoms with Crippen molar-refractivity contribution < 1.29 is 14.0 Å². The van der Waals surface area contributed by atoms with E-state index in [9.17, 15) is 14.0 Å². The molecular weight excluding hydrogens is 341 g/mol. The lowest BCUT2D eigenvalue weighted by atomic mass is 10.1. The van der Waals surface area contributed by atoms with Crippen molar-refractivity contribution in [3.8, 4) is 0 Å². The molecule has 1 aromatic carbocycles. The second-order valence-electron chi connectivity index (χ2n) is 5.04. The molecule has 0 unspecified atom stereocenters. The van der Waals surface area contributed by atoms with Gasteiger partial charge < -0.3 is 16.4 Å². The predicted octanol–water partition coefficient (Wildman–Crippen LogP) is 1.30. The Morgan fingerprint density at radius 1 is 1.29 bits per heavy atom. The van der Waals surface area contributed by atoms with E-state index in [1.807, 2.05) is 13.8 Å². The molecule has 1 atom stereocenters. The van der Waals surface area contributed by atoms with Gasteiger partial charge >= 0.3 is 0 Å². The molecule has 116 valence electrons. The van der Waals surface area contributed by atoms with Crippen LogP contribution >= 0.6 is 15.9 Å². The fraction of sp³-hybridized carbons (Fsp3) is 0.429. The van der Waals surface area contributed by atoms with E-state index in [1.165, 1.54) is 12.1 Å². The predicted molar refractivity (Wildman–Crippen MR) is 81.8 cm³/mol. The Balaban J connectivity index is 2.39. The van der Waals surface area contributed by atoms with Gasteiger partial charge in [-0.15, -0.1) is 0 Å². The van der Waals surface area contributed by atoms with Crippen molar-refractivity contribution in [2.45, 2.75) is 26.4 Å². The third kappa shape index (κ3) is 6.22. The van der Waals surface area contributed by atoms with Crippen LogP contribution in [0.1, 0.15) is 19.4 Å². The lowest BCUT2D eigenvalue weighted by molar-refractivity contribution is -0.127. The number of hydrogen-bond acceptors (Lipinski definition) is 3. The van der Waals surface area contributed by atoms with E-state index in [2.05, 4.69) is 26.6 Å². The van der Waals surface area contributed by atoms with E-state index >= 15 is 0 Å². The van der Waals surface area contributed by atoms with Crippen LogP contribution in [0.15, 0.2) is 22.7 Å². The van der Waals surface area contributed by atoms with E-state index in [0.717, 1.165) is 0 Å². The monoisotopic (exact) mass is 359 g/mol. The molecule has 5 nitrogen and oxygen atoms in total. The van der Waals surface area contributed by atoms with Crippen LogP contribution in [0.2, 0.25) is 0 Å². The van der Waals surface area contributed by atoms with Crippen molar-refractivity contribution in [3.63, 3.8) is 0 Å². The number of benzene rings is 1. The summed E-state index contributed by atoms with van der Waals surface area (Å²) in [6, 6.07) is 3.73. The second kappa shape index (κ2) is 8.09. The number of amides is 2. The molecular formula is C14H19BrFN3O2. The summed E-state index contributed by atoms with van der Waals surface area (Å²) in [7, 11) is 0.